The quantitative estimate of drug-likeness (QED) is 0.583. The highest BCUT2D eigenvalue weighted by atomic mass is 15.1. The summed E-state index contributed by atoms with van der Waals surface area (Å²) >= 11 is 0. The van der Waals surface area contributed by atoms with E-state index in [0.717, 1.165) is 0 Å². The Balaban J connectivity index is 2.58. The van der Waals surface area contributed by atoms with Crippen LogP contribution in [0.4, 0.5) is 5.69 Å². The Labute approximate surface area is 79.7 Å². The van der Waals surface area contributed by atoms with Crippen molar-refractivity contribution < 1.29 is 0 Å². The van der Waals surface area contributed by atoms with E-state index in [2.05, 4.69) is 56.1 Å². The van der Waals surface area contributed by atoms with Crippen LogP contribution in [0.3, 0.4) is 0 Å². The minimum atomic E-state index is 0.509. The molecule has 0 amide bonds. The maximum atomic E-state index is 2.31. The number of para-hydroxylation sites is 1. The van der Waals surface area contributed by atoms with Crippen LogP contribution < -0.4 is 4.90 Å². The molecule has 13 heavy (non-hydrogen) atoms. The van der Waals surface area contributed by atoms with Crippen molar-refractivity contribution in [3.05, 3.63) is 35.9 Å². The standard InChI is InChI=1S/C12H15N/c1-9-8-10(2)13(3)12-7-5-4-6-11(9)12/h4-8,10H,1-3H3. The van der Waals surface area contributed by atoms with Crippen molar-refractivity contribution in [2.45, 2.75) is 19.9 Å². The highest BCUT2D eigenvalue weighted by Gasteiger charge is 2.17. The van der Waals surface area contributed by atoms with Gasteiger partial charge in [0.2, 0.25) is 0 Å². The van der Waals surface area contributed by atoms with Crippen molar-refractivity contribution in [2.75, 3.05) is 11.9 Å². The predicted molar refractivity (Wildman–Crippen MR) is 58.0 cm³/mol. The first kappa shape index (κ1) is 8.36. The second-order valence-corrected chi connectivity index (χ2v) is 3.72. The number of allylic oxidation sites excluding steroid dienone is 1. The molecule has 1 aliphatic rings. The second-order valence-electron chi connectivity index (χ2n) is 3.72. The Bertz CT molecular complexity index is 352. The Morgan fingerprint density at radius 1 is 1.23 bits per heavy atom. The lowest BCUT2D eigenvalue weighted by molar-refractivity contribution is 0.813. The number of nitrogens with zero attached hydrogens (tertiary/aromatic N) is 1. The largest absolute Gasteiger partial charge is 0.368 e. The van der Waals surface area contributed by atoms with Crippen LogP contribution in [-0.4, -0.2) is 13.1 Å². The lowest BCUT2D eigenvalue weighted by atomic mass is 9.97. The second kappa shape index (κ2) is 2.91. The van der Waals surface area contributed by atoms with Crippen molar-refractivity contribution in [1.29, 1.82) is 0 Å². The molecule has 2 rings (SSSR count). The van der Waals surface area contributed by atoms with E-state index >= 15 is 0 Å². The summed E-state index contributed by atoms with van der Waals surface area (Å²) in [6.45, 7) is 4.40. The number of hydrogen-bond acceptors (Lipinski definition) is 1. The van der Waals surface area contributed by atoms with Crippen LogP contribution in [0.15, 0.2) is 30.3 Å². The van der Waals surface area contributed by atoms with Gasteiger partial charge in [-0.1, -0.05) is 24.3 Å². The lowest BCUT2D eigenvalue weighted by Gasteiger charge is -2.31. The van der Waals surface area contributed by atoms with Crippen molar-refractivity contribution in [3.63, 3.8) is 0 Å². The van der Waals surface area contributed by atoms with Crippen molar-refractivity contribution in [3.8, 4) is 0 Å². The van der Waals surface area contributed by atoms with Gasteiger partial charge < -0.3 is 4.90 Å². The summed E-state index contributed by atoms with van der Waals surface area (Å²) in [5.41, 5.74) is 4.10. The Morgan fingerprint density at radius 3 is 2.69 bits per heavy atom. The van der Waals surface area contributed by atoms with Crippen molar-refractivity contribution in [2.24, 2.45) is 0 Å². The summed E-state index contributed by atoms with van der Waals surface area (Å²) in [5.74, 6) is 0. The predicted octanol–water partition coefficient (Wildman–Crippen LogP) is 2.93. The molecule has 0 saturated carbocycles. The van der Waals surface area contributed by atoms with Gasteiger partial charge in [-0.3, -0.25) is 0 Å². The van der Waals surface area contributed by atoms with Gasteiger partial charge in [-0.25, -0.2) is 0 Å². The molecule has 1 aliphatic heterocycles. The molecule has 0 aliphatic carbocycles. The zero-order valence-electron chi connectivity index (χ0n) is 8.41. The highest BCUT2D eigenvalue weighted by molar-refractivity contribution is 5.79. The molecule has 1 heteroatoms. The number of fused-ring (bicyclic) bond motifs is 1. The summed E-state index contributed by atoms with van der Waals surface area (Å²) < 4.78 is 0. The molecule has 0 bridgehead atoms. The molecule has 0 radical (unpaired) electrons. The molecule has 1 heterocycles. The molecule has 1 atom stereocenters. The van der Waals surface area contributed by atoms with Gasteiger partial charge in [-0.15, -0.1) is 0 Å². The smallest absolute Gasteiger partial charge is 0.0447 e. The average molecular weight is 173 g/mol. The van der Waals surface area contributed by atoms with E-state index in [-0.39, 0.29) is 0 Å². The minimum Gasteiger partial charge on any atom is -0.368 e. The van der Waals surface area contributed by atoms with E-state index < -0.39 is 0 Å². The van der Waals surface area contributed by atoms with Gasteiger partial charge in [-0.05, 0) is 25.5 Å². The number of rotatable bonds is 0. The van der Waals surface area contributed by atoms with E-state index in [4.69, 9.17) is 0 Å². The first-order chi connectivity index (χ1) is 6.20. The summed E-state index contributed by atoms with van der Waals surface area (Å²) in [4.78, 5) is 2.31. The van der Waals surface area contributed by atoms with E-state index in [1.807, 2.05) is 0 Å². The molecule has 1 aromatic rings. The maximum Gasteiger partial charge on any atom is 0.0447 e. The molecule has 68 valence electrons. The summed E-state index contributed by atoms with van der Waals surface area (Å²) in [6.07, 6.45) is 2.31. The fraction of sp³-hybridized carbons (Fsp3) is 0.333. The van der Waals surface area contributed by atoms with E-state index in [1.54, 1.807) is 0 Å². The van der Waals surface area contributed by atoms with Crippen LogP contribution in [-0.2, 0) is 0 Å². The topological polar surface area (TPSA) is 3.24 Å². The highest BCUT2D eigenvalue weighted by Crippen LogP contribution is 2.32. The molecule has 1 unspecified atom stereocenters. The molecule has 0 spiro atoms. The molecule has 1 aromatic carbocycles. The lowest BCUT2D eigenvalue weighted by Crippen LogP contribution is -2.30. The third-order valence-corrected chi connectivity index (χ3v) is 2.81. The van der Waals surface area contributed by atoms with Crippen LogP contribution in [0.2, 0.25) is 0 Å². The van der Waals surface area contributed by atoms with Gasteiger partial charge >= 0.3 is 0 Å². The van der Waals surface area contributed by atoms with Crippen molar-refractivity contribution >= 4 is 11.3 Å². The zero-order valence-corrected chi connectivity index (χ0v) is 8.41. The fourth-order valence-electron chi connectivity index (χ4n) is 1.90. The third-order valence-electron chi connectivity index (χ3n) is 2.81. The first-order valence-electron chi connectivity index (χ1n) is 4.71. The van der Waals surface area contributed by atoms with Crippen LogP contribution >= 0.6 is 0 Å². The minimum absolute atomic E-state index is 0.509. The molecule has 0 saturated heterocycles. The number of likely N-dealkylation sites (N-methyl/N-ethyl adjacent to an activating group) is 1. The number of hydrogen-bond donors (Lipinski definition) is 0. The van der Waals surface area contributed by atoms with Gasteiger partial charge in [-0.2, -0.15) is 0 Å². The first-order valence-corrected chi connectivity index (χ1v) is 4.71. The SMILES string of the molecule is CC1=CC(C)N(C)c2ccccc21. The Morgan fingerprint density at radius 2 is 1.92 bits per heavy atom. The number of anilines is 1. The molecule has 1 nitrogen and oxygen atoms in total. The van der Waals surface area contributed by atoms with Crippen LogP contribution in [0, 0.1) is 0 Å². The van der Waals surface area contributed by atoms with Crippen LogP contribution in [0.1, 0.15) is 19.4 Å². The van der Waals surface area contributed by atoms with Gasteiger partial charge in [0.05, 0.1) is 0 Å². The Hall–Kier alpha value is -1.24. The molecular formula is C12H15N. The normalized spacial score (nSPS) is 21.0. The van der Waals surface area contributed by atoms with Gasteiger partial charge in [0.25, 0.3) is 0 Å². The zero-order chi connectivity index (χ0) is 9.42. The molecule has 0 N–H and O–H groups in total. The average Bonchev–Trinajstić information content (AvgIpc) is 2.15. The number of benzene rings is 1. The molecular weight excluding hydrogens is 158 g/mol. The molecule has 0 fully saturated rings. The van der Waals surface area contributed by atoms with E-state index in [0.29, 0.717) is 6.04 Å². The summed E-state index contributed by atoms with van der Waals surface area (Å²) in [7, 11) is 2.15. The van der Waals surface area contributed by atoms with E-state index in [9.17, 15) is 0 Å². The van der Waals surface area contributed by atoms with Crippen LogP contribution in [0.25, 0.3) is 5.57 Å². The summed E-state index contributed by atoms with van der Waals surface area (Å²) in [6, 6.07) is 9.07. The third kappa shape index (κ3) is 1.24. The van der Waals surface area contributed by atoms with Crippen molar-refractivity contribution in [1.82, 2.24) is 0 Å². The maximum absolute atomic E-state index is 2.31. The monoisotopic (exact) mass is 173 g/mol. The van der Waals surface area contributed by atoms with Gasteiger partial charge in [0.1, 0.15) is 0 Å². The Kier molecular flexibility index (Phi) is 1.87. The molecule has 0 aromatic heterocycles. The van der Waals surface area contributed by atoms with Crippen LogP contribution in [0.5, 0.6) is 0 Å². The van der Waals surface area contributed by atoms with Gasteiger partial charge in [0, 0.05) is 24.3 Å². The van der Waals surface area contributed by atoms with Gasteiger partial charge in [0.15, 0.2) is 0 Å². The fourth-order valence-corrected chi connectivity index (χ4v) is 1.90. The summed E-state index contributed by atoms with van der Waals surface area (Å²) in [5, 5.41) is 0. The van der Waals surface area contributed by atoms with E-state index in [1.165, 1.54) is 16.8 Å².